The van der Waals surface area contributed by atoms with Crippen LogP contribution in [0.5, 0.6) is 0 Å². The van der Waals surface area contributed by atoms with Crippen LogP contribution in [0.15, 0.2) is 17.0 Å². The summed E-state index contributed by atoms with van der Waals surface area (Å²) in [5, 5.41) is 0. The molecule has 0 unspecified atom stereocenters. The highest BCUT2D eigenvalue weighted by molar-refractivity contribution is 7.91. The van der Waals surface area contributed by atoms with Crippen LogP contribution in [-0.4, -0.2) is 14.2 Å². The van der Waals surface area contributed by atoms with Gasteiger partial charge in [-0.3, -0.25) is 0 Å². The van der Waals surface area contributed by atoms with E-state index in [1.54, 1.807) is 6.92 Å². The van der Waals surface area contributed by atoms with Crippen LogP contribution in [0.2, 0.25) is 0 Å². The van der Waals surface area contributed by atoms with E-state index in [0.717, 1.165) is 6.07 Å². The number of nitrogens with two attached hydrogens (primary N) is 1. The van der Waals surface area contributed by atoms with Gasteiger partial charge >= 0.3 is 0 Å². The minimum absolute atomic E-state index is 0.0000491. The Labute approximate surface area is 82.7 Å². The third-order valence-electron chi connectivity index (χ3n) is 2.05. The van der Waals surface area contributed by atoms with E-state index >= 15 is 0 Å². The normalized spacial score (nSPS) is 11.6. The van der Waals surface area contributed by atoms with Crippen molar-refractivity contribution in [3.8, 4) is 0 Å². The highest BCUT2D eigenvalue weighted by Crippen LogP contribution is 2.21. The molecule has 0 spiro atoms. The molecule has 0 aliphatic rings. The summed E-state index contributed by atoms with van der Waals surface area (Å²) in [5.74, 6) is -0.729. The third kappa shape index (κ3) is 1.87. The Balaban J connectivity index is 3.41. The molecule has 0 atom stereocenters. The first kappa shape index (κ1) is 11.0. The summed E-state index contributed by atoms with van der Waals surface area (Å²) in [5.41, 5.74) is 5.81. The highest BCUT2D eigenvalue weighted by Gasteiger charge is 2.15. The van der Waals surface area contributed by atoms with Gasteiger partial charge < -0.3 is 5.73 Å². The predicted molar refractivity (Wildman–Crippen MR) is 53.3 cm³/mol. The van der Waals surface area contributed by atoms with E-state index in [4.69, 9.17) is 5.73 Å². The summed E-state index contributed by atoms with van der Waals surface area (Å²) in [6, 6.07) is 2.35. The van der Waals surface area contributed by atoms with Crippen LogP contribution in [-0.2, 0) is 9.84 Å². The molecule has 0 saturated heterocycles. The van der Waals surface area contributed by atoms with Crippen molar-refractivity contribution in [2.45, 2.75) is 18.7 Å². The lowest BCUT2D eigenvalue weighted by Gasteiger charge is -2.06. The molecule has 0 bridgehead atoms. The number of sulfone groups is 1. The SMILES string of the molecule is CCS(=O)(=O)c1cc(C)c(N)c(F)c1. The molecule has 0 radical (unpaired) electrons. The zero-order chi connectivity index (χ0) is 10.9. The van der Waals surface area contributed by atoms with Crippen LogP contribution in [0.25, 0.3) is 0 Å². The van der Waals surface area contributed by atoms with Crippen molar-refractivity contribution >= 4 is 15.5 Å². The zero-order valence-electron chi connectivity index (χ0n) is 8.04. The standard InChI is InChI=1S/C9H12FNO2S/c1-3-14(12,13)7-4-6(2)9(11)8(10)5-7/h4-5H,3,11H2,1-2H3. The van der Waals surface area contributed by atoms with Gasteiger partial charge in [-0.1, -0.05) is 6.92 Å². The number of hydrogen-bond donors (Lipinski definition) is 1. The molecule has 5 heteroatoms. The van der Waals surface area contributed by atoms with Gasteiger partial charge in [0.2, 0.25) is 0 Å². The second-order valence-electron chi connectivity index (χ2n) is 3.04. The lowest BCUT2D eigenvalue weighted by molar-refractivity contribution is 0.592. The van der Waals surface area contributed by atoms with Crippen molar-refractivity contribution in [1.29, 1.82) is 0 Å². The van der Waals surface area contributed by atoms with Crippen molar-refractivity contribution in [2.24, 2.45) is 0 Å². The molecule has 0 saturated carbocycles. The molecule has 14 heavy (non-hydrogen) atoms. The Morgan fingerprint density at radius 2 is 2.00 bits per heavy atom. The number of hydrogen-bond acceptors (Lipinski definition) is 3. The van der Waals surface area contributed by atoms with Crippen LogP contribution >= 0.6 is 0 Å². The maximum Gasteiger partial charge on any atom is 0.178 e. The first-order chi connectivity index (χ1) is 6.38. The molecule has 0 aliphatic heterocycles. The van der Waals surface area contributed by atoms with Gasteiger partial charge in [0.15, 0.2) is 9.84 Å². The minimum Gasteiger partial charge on any atom is -0.396 e. The molecule has 1 aromatic rings. The maximum atomic E-state index is 13.1. The fourth-order valence-corrected chi connectivity index (χ4v) is 2.04. The summed E-state index contributed by atoms with van der Waals surface area (Å²) in [4.78, 5) is -0.01000. The Hall–Kier alpha value is -1.10. The molecular weight excluding hydrogens is 205 g/mol. The molecule has 1 aromatic carbocycles. The number of rotatable bonds is 2. The second kappa shape index (κ2) is 3.57. The fourth-order valence-electron chi connectivity index (χ4n) is 1.07. The van der Waals surface area contributed by atoms with Gasteiger partial charge in [-0.05, 0) is 24.6 Å². The lowest BCUT2D eigenvalue weighted by atomic mass is 10.2. The van der Waals surface area contributed by atoms with Crippen molar-refractivity contribution in [1.82, 2.24) is 0 Å². The number of benzene rings is 1. The predicted octanol–water partition coefficient (Wildman–Crippen LogP) is 1.51. The molecule has 0 heterocycles. The summed E-state index contributed by atoms with van der Waals surface area (Å²) < 4.78 is 35.9. The summed E-state index contributed by atoms with van der Waals surface area (Å²) >= 11 is 0. The Morgan fingerprint density at radius 1 is 1.43 bits per heavy atom. The molecule has 1 rings (SSSR count). The molecule has 2 N–H and O–H groups in total. The first-order valence-corrected chi connectivity index (χ1v) is 5.82. The van der Waals surface area contributed by atoms with E-state index in [1.807, 2.05) is 0 Å². The van der Waals surface area contributed by atoms with Crippen molar-refractivity contribution in [2.75, 3.05) is 11.5 Å². The third-order valence-corrected chi connectivity index (χ3v) is 3.76. The Morgan fingerprint density at radius 3 is 2.43 bits per heavy atom. The van der Waals surface area contributed by atoms with Crippen LogP contribution in [0.1, 0.15) is 12.5 Å². The Bertz CT molecular complexity index is 431. The highest BCUT2D eigenvalue weighted by atomic mass is 32.2. The molecule has 0 aliphatic carbocycles. The smallest absolute Gasteiger partial charge is 0.178 e. The average molecular weight is 217 g/mol. The second-order valence-corrected chi connectivity index (χ2v) is 5.32. The van der Waals surface area contributed by atoms with Crippen LogP contribution in [0.4, 0.5) is 10.1 Å². The van der Waals surface area contributed by atoms with E-state index in [1.165, 1.54) is 13.0 Å². The van der Waals surface area contributed by atoms with Gasteiger partial charge in [0.1, 0.15) is 5.82 Å². The van der Waals surface area contributed by atoms with Gasteiger partial charge in [0, 0.05) is 0 Å². The zero-order valence-corrected chi connectivity index (χ0v) is 8.86. The van der Waals surface area contributed by atoms with Gasteiger partial charge in [-0.2, -0.15) is 0 Å². The van der Waals surface area contributed by atoms with Crippen LogP contribution in [0, 0.1) is 12.7 Å². The largest absolute Gasteiger partial charge is 0.396 e. The van der Waals surface area contributed by atoms with E-state index in [9.17, 15) is 12.8 Å². The average Bonchev–Trinajstić information content (AvgIpc) is 2.13. The summed E-state index contributed by atoms with van der Waals surface area (Å²) in [6.45, 7) is 3.09. The van der Waals surface area contributed by atoms with Crippen molar-refractivity contribution < 1.29 is 12.8 Å². The van der Waals surface area contributed by atoms with E-state index < -0.39 is 15.7 Å². The molecule has 0 aromatic heterocycles. The van der Waals surface area contributed by atoms with E-state index in [0.29, 0.717) is 5.56 Å². The van der Waals surface area contributed by atoms with Gasteiger partial charge in [0.05, 0.1) is 16.3 Å². The number of halogens is 1. The van der Waals surface area contributed by atoms with Crippen LogP contribution in [0.3, 0.4) is 0 Å². The molecule has 0 amide bonds. The quantitative estimate of drug-likeness (QED) is 0.764. The summed E-state index contributed by atoms with van der Waals surface area (Å²) in [7, 11) is -3.36. The Kier molecular flexibility index (Phi) is 2.80. The van der Waals surface area contributed by atoms with E-state index in [-0.39, 0.29) is 16.3 Å². The number of anilines is 1. The van der Waals surface area contributed by atoms with E-state index in [2.05, 4.69) is 0 Å². The molecule has 0 fully saturated rings. The summed E-state index contributed by atoms with van der Waals surface area (Å²) in [6.07, 6.45) is 0. The lowest BCUT2D eigenvalue weighted by Crippen LogP contribution is -2.06. The van der Waals surface area contributed by atoms with Crippen molar-refractivity contribution in [3.63, 3.8) is 0 Å². The minimum atomic E-state index is -3.36. The number of nitrogen functional groups attached to an aromatic ring is 1. The van der Waals surface area contributed by atoms with Crippen molar-refractivity contribution in [3.05, 3.63) is 23.5 Å². The fraction of sp³-hybridized carbons (Fsp3) is 0.333. The van der Waals surface area contributed by atoms with Gasteiger partial charge in [-0.25, -0.2) is 12.8 Å². The molecule has 3 nitrogen and oxygen atoms in total. The maximum absolute atomic E-state index is 13.1. The topological polar surface area (TPSA) is 60.2 Å². The molecule has 78 valence electrons. The van der Waals surface area contributed by atoms with Gasteiger partial charge in [-0.15, -0.1) is 0 Å². The van der Waals surface area contributed by atoms with Crippen LogP contribution < -0.4 is 5.73 Å². The number of aryl methyl sites for hydroxylation is 1. The van der Waals surface area contributed by atoms with Gasteiger partial charge in [0.25, 0.3) is 0 Å². The molecular formula is C9H12FNO2S. The first-order valence-electron chi connectivity index (χ1n) is 4.17. The monoisotopic (exact) mass is 217 g/mol.